The predicted octanol–water partition coefficient (Wildman–Crippen LogP) is 3.23. The molecule has 0 aliphatic rings. The van der Waals surface area contributed by atoms with Crippen molar-refractivity contribution in [2.45, 2.75) is 13.3 Å². The second-order valence-corrected chi connectivity index (χ2v) is 3.23. The van der Waals surface area contributed by atoms with Gasteiger partial charge >= 0.3 is 12.3 Å². The number of alkyl halides is 3. The Bertz CT molecular complexity index is 438. The maximum absolute atomic E-state index is 12.0. The Morgan fingerprint density at radius 2 is 2.00 bits per heavy atom. The van der Waals surface area contributed by atoms with Crippen LogP contribution in [0.15, 0.2) is 18.2 Å². The van der Waals surface area contributed by atoms with Gasteiger partial charge in [0.2, 0.25) is 0 Å². The molecule has 4 nitrogen and oxygen atoms in total. The van der Waals surface area contributed by atoms with Gasteiger partial charge in [0, 0.05) is 13.1 Å². The van der Waals surface area contributed by atoms with Crippen LogP contribution in [0.25, 0.3) is 0 Å². The topological polar surface area (TPSA) is 47.6 Å². The van der Waals surface area contributed by atoms with Gasteiger partial charge in [-0.2, -0.15) is 0 Å². The lowest BCUT2D eigenvalue weighted by atomic mass is 10.1. The fraction of sp³-hybridized carbons (Fsp3) is 0.364. The molecule has 1 rings (SSSR count). The van der Waals surface area contributed by atoms with Crippen molar-refractivity contribution in [1.82, 2.24) is 0 Å². The quantitative estimate of drug-likeness (QED) is 0.867. The number of carbonyl (C=O) groups is 1. The first kappa shape index (κ1) is 17.4. The maximum atomic E-state index is 12.0. The number of esters is 1. The largest absolute Gasteiger partial charge is 0.573 e. The van der Waals surface area contributed by atoms with Crippen molar-refractivity contribution >= 4 is 24.1 Å². The minimum Gasteiger partial charge on any atom is -0.462 e. The molecule has 0 amide bonds. The number of nitrogens with one attached hydrogen (secondary N) is 1. The van der Waals surface area contributed by atoms with Crippen LogP contribution in [0.5, 0.6) is 5.75 Å². The molecule has 0 fully saturated rings. The van der Waals surface area contributed by atoms with Crippen molar-refractivity contribution in [3.05, 3.63) is 23.8 Å². The minimum absolute atomic E-state index is 0. The van der Waals surface area contributed by atoms with Crippen LogP contribution < -0.4 is 10.1 Å². The van der Waals surface area contributed by atoms with Crippen LogP contribution in [0.3, 0.4) is 0 Å². The molecule has 0 bridgehead atoms. The number of carbonyl (C=O) groups excluding carboxylic acids is 1. The Balaban J connectivity index is 0.00000324. The minimum atomic E-state index is -4.77. The highest BCUT2D eigenvalue weighted by atomic mass is 35.5. The number of ether oxygens (including phenoxy) is 2. The molecule has 0 aliphatic carbocycles. The lowest BCUT2D eigenvalue weighted by Crippen LogP contribution is -2.17. The van der Waals surface area contributed by atoms with E-state index in [1.165, 1.54) is 13.1 Å². The summed E-state index contributed by atoms with van der Waals surface area (Å²) in [6.07, 6.45) is -4.77. The molecule has 0 atom stereocenters. The van der Waals surface area contributed by atoms with Gasteiger partial charge in [0.25, 0.3) is 0 Å². The second-order valence-electron chi connectivity index (χ2n) is 3.23. The van der Waals surface area contributed by atoms with Crippen LogP contribution >= 0.6 is 12.4 Å². The third kappa shape index (κ3) is 5.25. The van der Waals surface area contributed by atoms with Gasteiger partial charge < -0.3 is 14.8 Å². The molecule has 0 saturated heterocycles. The van der Waals surface area contributed by atoms with Gasteiger partial charge in [0.05, 0.1) is 17.9 Å². The van der Waals surface area contributed by atoms with Crippen LogP contribution in [-0.4, -0.2) is 26.0 Å². The second kappa shape index (κ2) is 7.08. The highest BCUT2D eigenvalue weighted by Gasteiger charge is 2.31. The average Bonchev–Trinajstić information content (AvgIpc) is 2.27. The van der Waals surface area contributed by atoms with Gasteiger partial charge in [-0.05, 0) is 19.1 Å². The number of hydrogen-bond acceptors (Lipinski definition) is 4. The molecule has 0 unspecified atom stereocenters. The third-order valence-electron chi connectivity index (χ3n) is 1.99. The van der Waals surface area contributed by atoms with Crippen LogP contribution in [-0.2, 0) is 4.74 Å². The fourth-order valence-electron chi connectivity index (χ4n) is 1.31. The van der Waals surface area contributed by atoms with E-state index in [2.05, 4.69) is 10.1 Å². The molecule has 0 radical (unpaired) electrons. The summed E-state index contributed by atoms with van der Waals surface area (Å²) < 4.78 is 44.6. The van der Waals surface area contributed by atoms with Gasteiger partial charge in [-0.1, -0.05) is 0 Å². The van der Waals surface area contributed by atoms with Crippen molar-refractivity contribution in [3.8, 4) is 5.75 Å². The summed E-state index contributed by atoms with van der Waals surface area (Å²) in [5, 5.41) is 2.61. The Hall–Kier alpha value is -1.63. The molecular formula is C11H13ClF3NO3. The Morgan fingerprint density at radius 3 is 2.47 bits per heavy atom. The van der Waals surface area contributed by atoms with Crippen LogP contribution in [0.2, 0.25) is 0 Å². The lowest BCUT2D eigenvalue weighted by Gasteiger charge is -2.12. The van der Waals surface area contributed by atoms with E-state index in [-0.39, 0.29) is 30.3 Å². The molecule has 0 saturated carbocycles. The summed E-state index contributed by atoms with van der Waals surface area (Å²) in [5.41, 5.74) is 0.351. The van der Waals surface area contributed by atoms with Crippen molar-refractivity contribution in [2.75, 3.05) is 19.0 Å². The normalized spacial score (nSPS) is 10.4. The molecule has 1 aromatic rings. The fourth-order valence-corrected chi connectivity index (χ4v) is 1.31. The predicted molar refractivity (Wildman–Crippen MR) is 65.9 cm³/mol. The van der Waals surface area contributed by atoms with Crippen molar-refractivity contribution in [2.24, 2.45) is 0 Å². The van der Waals surface area contributed by atoms with Gasteiger partial charge in [-0.3, -0.25) is 0 Å². The molecule has 0 spiro atoms. The summed E-state index contributed by atoms with van der Waals surface area (Å²) in [6, 6.07) is 3.35. The van der Waals surface area contributed by atoms with E-state index in [1.54, 1.807) is 6.92 Å². The lowest BCUT2D eigenvalue weighted by molar-refractivity contribution is -0.274. The number of rotatable bonds is 4. The number of halogens is 4. The summed E-state index contributed by atoms with van der Waals surface area (Å²) in [7, 11) is 1.48. The Morgan fingerprint density at radius 1 is 1.37 bits per heavy atom. The van der Waals surface area contributed by atoms with Crippen molar-refractivity contribution < 1.29 is 27.4 Å². The van der Waals surface area contributed by atoms with E-state index in [9.17, 15) is 18.0 Å². The number of hydrogen-bond donors (Lipinski definition) is 1. The van der Waals surface area contributed by atoms with E-state index in [1.807, 2.05) is 0 Å². The average molecular weight is 300 g/mol. The molecule has 1 aromatic carbocycles. The van der Waals surface area contributed by atoms with Gasteiger partial charge in [-0.25, -0.2) is 4.79 Å². The first-order valence-corrected chi connectivity index (χ1v) is 5.12. The maximum Gasteiger partial charge on any atom is 0.573 e. The van der Waals surface area contributed by atoms with Gasteiger partial charge in [-0.15, -0.1) is 25.6 Å². The third-order valence-corrected chi connectivity index (χ3v) is 1.99. The number of anilines is 1. The van der Waals surface area contributed by atoms with Gasteiger partial charge in [0.15, 0.2) is 0 Å². The van der Waals surface area contributed by atoms with E-state index in [0.29, 0.717) is 0 Å². The Labute approximate surface area is 114 Å². The zero-order chi connectivity index (χ0) is 13.8. The summed E-state index contributed by atoms with van der Waals surface area (Å²) in [6.45, 7) is 1.82. The summed E-state index contributed by atoms with van der Waals surface area (Å²) in [5.74, 6) is -1.01. The van der Waals surface area contributed by atoms with E-state index in [4.69, 9.17) is 4.74 Å². The highest BCUT2D eigenvalue weighted by Crippen LogP contribution is 2.27. The van der Waals surface area contributed by atoms with E-state index < -0.39 is 18.1 Å². The molecule has 0 aliphatic heterocycles. The Kier molecular flexibility index (Phi) is 6.47. The zero-order valence-corrected chi connectivity index (χ0v) is 11.0. The first-order valence-electron chi connectivity index (χ1n) is 5.12. The molecule has 1 N–H and O–H groups in total. The molecule has 108 valence electrons. The zero-order valence-electron chi connectivity index (χ0n) is 10.2. The van der Waals surface area contributed by atoms with Crippen LogP contribution in [0, 0.1) is 0 Å². The monoisotopic (exact) mass is 299 g/mol. The standard InChI is InChI=1S/C11H12F3NO3.ClH/c1-3-17-10(16)8-5-4-7(6-9(8)15-2)18-11(12,13)14;/h4-6,15H,3H2,1-2H3;1H. The van der Waals surface area contributed by atoms with E-state index in [0.717, 1.165) is 12.1 Å². The van der Waals surface area contributed by atoms with Crippen molar-refractivity contribution in [1.29, 1.82) is 0 Å². The summed E-state index contributed by atoms with van der Waals surface area (Å²) >= 11 is 0. The molecular weight excluding hydrogens is 287 g/mol. The molecule has 8 heteroatoms. The van der Waals surface area contributed by atoms with Crippen molar-refractivity contribution in [3.63, 3.8) is 0 Å². The summed E-state index contributed by atoms with van der Waals surface area (Å²) in [4.78, 5) is 11.5. The number of benzene rings is 1. The highest BCUT2D eigenvalue weighted by molar-refractivity contribution is 5.96. The smallest absolute Gasteiger partial charge is 0.462 e. The molecule has 0 heterocycles. The van der Waals surface area contributed by atoms with Gasteiger partial charge in [0.1, 0.15) is 5.75 Å². The van der Waals surface area contributed by atoms with E-state index >= 15 is 0 Å². The van der Waals surface area contributed by atoms with Crippen LogP contribution in [0.1, 0.15) is 17.3 Å². The molecule has 0 aromatic heterocycles. The first-order chi connectivity index (χ1) is 8.37. The molecule has 19 heavy (non-hydrogen) atoms. The SMILES string of the molecule is CCOC(=O)c1ccc(OC(F)(F)F)cc1NC.Cl. The van der Waals surface area contributed by atoms with Crippen LogP contribution in [0.4, 0.5) is 18.9 Å².